The SMILES string of the molecule is CCC(c1nc2ccccc2c(=O)n1Cc1ccccc1)N1CCN(CC(=O)N2CCOCC2)CC1. The summed E-state index contributed by atoms with van der Waals surface area (Å²) in [4.78, 5) is 37.9. The maximum Gasteiger partial charge on any atom is 0.261 e. The van der Waals surface area contributed by atoms with Crippen LogP contribution in [-0.4, -0.2) is 89.2 Å². The first-order valence-electron chi connectivity index (χ1n) is 13.0. The van der Waals surface area contributed by atoms with E-state index < -0.39 is 0 Å². The minimum absolute atomic E-state index is 0.00708. The number of nitrogens with zero attached hydrogens (tertiary/aromatic N) is 5. The molecule has 0 saturated carbocycles. The van der Waals surface area contributed by atoms with Gasteiger partial charge >= 0.3 is 0 Å². The van der Waals surface area contributed by atoms with Crippen molar-refractivity contribution in [3.8, 4) is 0 Å². The molecule has 1 aromatic heterocycles. The van der Waals surface area contributed by atoms with Gasteiger partial charge < -0.3 is 9.64 Å². The second kappa shape index (κ2) is 11.3. The first-order chi connectivity index (χ1) is 17.6. The Hall–Kier alpha value is -3.07. The number of amides is 1. The van der Waals surface area contributed by atoms with Crippen molar-refractivity contribution < 1.29 is 9.53 Å². The molecule has 2 aliphatic rings. The normalized spacial score (nSPS) is 18.4. The lowest BCUT2D eigenvalue weighted by molar-refractivity contribution is -0.137. The van der Waals surface area contributed by atoms with Crippen molar-refractivity contribution in [1.82, 2.24) is 24.3 Å². The number of hydrogen-bond donors (Lipinski definition) is 0. The van der Waals surface area contributed by atoms with Crippen molar-refractivity contribution in [2.24, 2.45) is 0 Å². The van der Waals surface area contributed by atoms with Crippen molar-refractivity contribution >= 4 is 16.8 Å². The molecule has 1 atom stereocenters. The largest absolute Gasteiger partial charge is 0.378 e. The summed E-state index contributed by atoms with van der Waals surface area (Å²) in [6.07, 6.45) is 0.853. The van der Waals surface area contributed by atoms with Gasteiger partial charge in [-0.15, -0.1) is 0 Å². The number of hydrogen-bond acceptors (Lipinski definition) is 6. The zero-order chi connectivity index (χ0) is 24.9. The summed E-state index contributed by atoms with van der Waals surface area (Å²) in [6.45, 7) is 9.05. The van der Waals surface area contributed by atoms with Crippen LogP contribution < -0.4 is 5.56 Å². The van der Waals surface area contributed by atoms with Gasteiger partial charge in [-0.25, -0.2) is 4.98 Å². The fourth-order valence-corrected chi connectivity index (χ4v) is 5.30. The van der Waals surface area contributed by atoms with Crippen molar-refractivity contribution in [2.45, 2.75) is 25.9 Å². The number of fused-ring (bicyclic) bond motifs is 1. The Balaban J connectivity index is 1.36. The molecule has 3 heterocycles. The average Bonchev–Trinajstić information content (AvgIpc) is 2.93. The molecule has 0 aliphatic carbocycles. The van der Waals surface area contributed by atoms with Crippen LogP contribution in [-0.2, 0) is 16.1 Å². The van der Waals surface area contributed by atoms with Crippen LogP contribution in [0.15, 0.2) is 59.4 Å². The van der Waals surface area contributed by atoms with Gasteiger partial charge in [0.2, 0.25) is 5.91 Å². The van der Waals surface area contributed by atoms with Crippen molar-refractivity contribution in [1.29, 1.82) is 0 Å². The lowest BCUT2D eigenvalue weighted by Gasteiger charge is -2.39. The molecule has 36 heavy (non-hydrogen) atoms. The third-order valence-corrected chi connectivity index (χ3v) is 7.33. The molecule has 0 spiro atoms. The summed E-state index contributed by atoms with van der Waals surface area (Å²) in [7, 11) is 0. The minimum Gasteiger partial charge on any atom is -0.378 e. The van der Waals surface area contributed by atoms with E-state index in [1.54, 1.807) is 0 Å². The van der Waals surface area contributed by atoms with E-state index in [1.807, 2.05) is 51.9 Å². The highest BCUT2D eigenvalue weighted by Crippen LogP contribution is 2.25. The summed E-state index contributed by atoms with van der Waals surface area (Å²) < 4.78 is 7.23. The van der Waals surface area contributed by atoms with Gasteiger partial charge in [0, 0.05) is 39.3 Å². The van der Waals surface area contributed by atoms with Crippen molar-refractivity contribution in [2.75, 3.05) is 59.0 Å². The molecule has 2 aromatic carbocycles. The van der Waals surface area contributed by atoms with Gasteiger partial charge in [-0.05, 0) is 24.1 Å². The molecule has 8 nitrogen and oxygen atoms in total. The predicted molar refractivity (Wildman–Crippen MR) is 140 cm³/mol. The fourth-order valence-electron chi connectivity index (χ4n) is 5.30. The summed E-state index contributed by atoms with van der Waals surface area (Å²) >= 11 is 0. The first kappa shape index (κ1) is 24.6. The number of ether oxygens (including phenoxy) is 1. The Kier molecular flexibility index (Phi) is 7.75. The smallest absolute Gasteiger partial charge is 0.261 e. The number of morpholine rings is 1. The van der Waals surface area contributed by atoms with E-state index in [0.717, 1.165) is 49.5 Å². The second-order valence-corrected chi connectivity index (χ2v) is 9.59. The molecule has 1 unspecified atom stereocenters. The van der Waals surface area contributed by atoms with E-state index in [1.165, 1.54) is 0 Å². The highest BCUT2D eigenvalue weighted by molar-refractivity contribution is 5.78. The topological polar surface area (TPSA) is 70.9 Å². The summed E-state index contributed by atoms with van der Waals surface area (Å²) in [5, 5.41) is 0.651. The van der Waals surface area contributed by atoms with E-state index in [-0.39, 0.29) is 17.5 Å². The molecule has 1 amide bonds. The van der Waals surface area contributed by atoms with Crippen LogP contribution in [0, 0.1) is 0 Å². The van der Waals surface area contributed by atoms with Gasteiger partial charge in [0.15, 0.2) is 0 Å². The van der Waals surface area contributed by atoms with Gasteiger partial charge in [0.05, 0.1) is 43.2 Å². The average molecular weight is 490 g/mol. The van der Waals surface area contributed by atoms with Crippen LogP contribution in [0.2, 0.25) is 0 Å². The Morgan fingerprint density at radius 2 is 1.64 bits per heavy atom. The van der Waals surface area contributed by atoms with Crippen LogP contribution in [0.3, 0.4) is 0 Å². The van der Waals surface area contributed by atoms with Gasteiger partial charge in [0.1, 0.15) is 5.82 Å². The van der Waals surface area contributed by atoms with Gasteiger partial charge in [-0.1, -0.05) is 49.4 Å². The maximum absolute atomic E-state index is 13.6. The predicted octanol–water partition coefficient (Wildman–Crippen LogP) is 2.37. The zero-order valence-electron chi connectivity index (χ0n) is 21.0. The summed E-state index contributed by atoms with van der Waals surface area (Å²) in [6, 6.07) is 17.8. The standard InChI is InChI=1S/C28H35N5O3/c1-2-25(31-14-12-30(13-15-31)21-26(34)32-16-18-36-19-17-32)27-29-24-11-7-6-10-23(24)28(35)33(27)20-22-8-4-3-5-9-22/h3-11,25H,2,12-21H2,1H3. The summed E-state index contributed by atoms with van der Waals surface area (Å²) in [5.41, 5.74) is 1.84. The molecule has 3 aromatic rings. The van der Waals surface area contributed by atoms with E-state index in [9.17, 15) is 9.59 Å². The molecule has 5 rings (SSSR count). The molecular formula is C28H35N5O3. The van der Waals surface area contributed by atoms with Gasteiger partial charge in [0.25, 0.3) is 5.56 Å². The van der Waals surface area contributed by atoms with Gasteiger partial charge in [-0.3, -0.25) is 24.0 Å². The Morgan fingerprint density at radius 1 is 0.944 bits per heavy atom. The molecule has 0 N–H and O–H groups in total. The van der Waals surface area contributed by atoms with E-state index in [0.29, 0.717) is 44.8 Å². The molecule has 0 bridgehead atoms. The van der Waals surface area contributed by atoms with Crippen LogP contribution >= 0.6 is 0 Å². The fraction of sp³-hybridized carbons (Fsp3) is 0.464. The Bertz CT molecular complexity index is 1230. The van der Waals surface area contributed by atoms with E-state index >= 15 is 0 Å². The quantitative estimate of drug-likeness (QED) is 0.508. The molecule has 2 saturated heterocycles. The number of aromatic nitrogens is 2. The summed E-state index contributed by atoms with van der Waals surface area (Å²) in [5.74, 6) is 1.01. The molecule has 190 valence electrons. The molecule has 2 fully saturated rings. The van der Waals surface area contributed by atoms with Crippen LogP contribution in [0.4, 0.5) is 0 Å². The van der Waals surface area contributed by atoms with Crippen molar-refractivity contribution in [3.63, 3.8) is 0 Å². The highest BCUT2D eigenvalue weighted by Gasteiger charge is 2.29. The van der Waals surface area contributed by atoms with Crippen LogP contribution in [0.1, 0.15) is 30.8 Å². The van der Waals surface area contributed by atoms with E-state index in [4.69, 9.17) is 9.72 Å². The minimum atomic E-state index is 0.00708. The number of piperazine rings is 1. The number of carbonyl (C=O) groups excluding carboxylic acids is 1. The van der Waals surface area contributed by atoms with Crippen LogP contribution in [0.5, 0.6) is 0 Å². The monoisotopic (exact) mass is 489 g/mol. The third kappa shape index (κ3) is 5.36. The van der Waals surface area contributed by atoms with Crippen molar-refractivity contribution in [3.05, 3.63) is 76.3 Å². The molecule has 0 radical (unpaired) electrons. The third-order valence-electron chi connectivity index (χ3n) is 7.33. The lowest BCUT2D eigenvalue weighted by atomic mass is 10.1. The lowest BCUT2D eigenvalue weighted by Crippen LogP contribution is -2.52. The number of benzene rings is 2. The number of para-hydroxylation sites is 1. The van der Waals surface area contributed by atoms with E-state index in [2.05, 4.69) is 28.9 Å². The first-order valence-corrected chi connectivity index (χ1v) is 13.0. The highest BCUT2D eigenvalue weighted by atomic mass is 16.5. The number of carbonyl (C=O) groups is 1. The van der Waals surface area contributed by atoms with Crippen LogP contribution in [0.25, 0.3) is 10.9 Å². The Morgan fingerprint density at radius 3 is 2.36 bits per heavy atom. The van der Waals surface area contributed by atoms with Gasteiger partial charge in [-0.2, -0.15) is 0 Å². The molecule has 8 heteroatoms. The second-order valence-electron chi connectivity index (χ2n) is 9.59. The maximum atomic E-state index is 13.6. The molecular weight excluding hydrogens is 454 g/mol. The molecule has 2 aliphatic heterocycles. The number of rotatable bonds is 7. The Labute approximate surface area is 212 Å². The zero-order valence-corrected chi connectivity index (χ0v) is 21.0.